The van der Waals surface area contributed by atoms with Gasteiger partial charge in [0.15, 0.2) is 0 Å². The lowest BCUT2D eigenvalue weighted by Gasteiger charge is -2.34. The number of piperidine rings is 1. The maximum atomic E-state index is 12.1. The molecule has 0 amide bonds. The summed E-state index contributed by atoms with van der Waals surface area (Å²) in [6.07, 6.45) is 5.07. The van der Waals surface area contributed by atoms with Crippen molar-refractivity contribution in [2.45, 2.75) is 39.0 Å². The van der Waals surface area contributed by atoms with Gasteiger partial charge in [-0.3, -0.25) is 14.4 Å². The van der Waals surface area contributed by atoms with Crippen LogP contribution in [0.15, 0.2) is 9.59 Å². The highest BCUT2D eigenvalue weighted by Crippen LogP contribution is 2.27. The van der Waals surface area contributed by atoms with Gasteiger partial charge in [-0.15, -0.1) is 0 Å². The first-order valence-electron chi connectivity index (χ1n) is 9.83. The Balaban J connectivity index is 1.56. The number of hydrogen-bond acceptors (Lipinski definition) is 7. The van der Waals surface area contributed by atoms with E-state index in [1.54, 1.807) is 6.92 Å². The van der Waals surface area contributed by atoms with Crippen LogP contribution in [0.5, 0.6) is 0 Å². The topological polar surface area (TPSA) is 79.0 Å². The maximum absolute atomic E-state index is 12.1. The van der Waals surface area contributed by atoms with E-state index in [4.69, 9.17) is 4.74 Å². The van der Waals surface area contributed by atoms with Crippen LogP contribution in [0.3, 0.4) is 0 Å². The van der Waals surface area contributed by atoms with Crippen LogP contribution in [0.25, 0.3) is 0 Å². The van der Waals surface area contributed by atoms with Crippen molar-refractivity contribution >= 4 is 17.3 Å². The van der Waals surface area contributed by atoms with Crippen LogP contribution in [0.2, 0.25) is 0 Å². The third-order valence-corrected chi connectivity index (χ3v) is 5.39. The third kappa shape index (κ3) is 4.09. The molecular weight excluding hydrogens is 334 g/mol. The molecule has 1 atom stereocenters. The van der Waals surface area contributed by atoms with Gasteiger partial charge in [0, 0.05) is 19.6 Å². The zero-order valence-electron chi connectivity index (χ0n) is 15.6. The predicted molar refractivity (Wildman–Crippen MR) is 102 cm³/mol. The third-order valence-electron chi connectivity index (χ3n) is 5.39. The normalized spacial score (nSPS) is 21.3. The molecule has 7 heteroatoms. The quantitative estimate of drug-likeness (QED) is 0.419. The molecular formula is C19H29N3O4. The summed E-state index contributed by atoms with van der Waals surface area (Å²) < 4.78 is 5.11. The van der Waals surface area contributed by atoms with Gasteiger partial charge in [0.05, 0.1) is 12.5 Å². The molecule has 2 saturated heterocycles. The van der Waals surface area contributed by atoms with Gasteiger partial charge < -0.3 is 19.9 Å². The molecule has 1 N–H and O–H groups in total. The molecule has 0 aromatic heterocycles. The summed E-state index contributed by atoms with van der Waals surface area (Å²) in [6, 6.07) is 0. The number of ether oxygens (including phenoxy) is 1. The number of nitrogens with one attached hydrogen (secondary N) is 1. The molecule has 0 radical (unpaired) electrons. The van der Waals surface area contributed by atoms with Crippen molar-refractivity contribution in [1.82, 2.24) is 4.90 Å². The van der Waals surface area contributed by atoms with E-state index in [9.17, 15) is 14.4 Å². The zero-order valence-corrected chi connectivity index (χ0v) is 15.6. The Bertz CT molecular complexity index is 689. The largest absolute Gasteiger partial charge is 0.466 e. The highest BCUT2D eigenvalue weighted by molar-refractivity contribution is 5.78. The minimum atomic E-state index is -0.434. The van der Waals surface area contributed by atoms with Crippen LogP contribution in [-0.4, -0.2) is 56.7 Å². The second kappa shape index (κ2) is 8.66. The minimum Gasteiger partial charge on any atom is -0.466 e. The van der Waals surface area contributed by atoms with Gasteiger partial charge in [-0.2, -0.15) is 0 Å². The summed E-state index contributed by atoms with van der Waals surface area (Å²) in [7, 11) is 0. The minimum absolute atomic E-state index is 0.212. The fourth-order valence-corrected chi connectivity index (χ4v) is 4.00. The van der Waals surface area contributed by atoms with Gasteiger partial charge >= 0.3 is 5.97 Å². The Morgan fingerprint density at radius 3 is 2.65 bits per heavy atom. The molecule has 0 unspecified atom stereocenters. The highest BCUT2D eigenvalue weighted by Gasteiger charge is 2.32. The van der Waals surface area contributed by atoms with Crippen molar-refractivity contribution in [3.05, 3.63) is 20.4 Å². The van der Waals surface area contributed by atoms with E-state index in [0.29, 0.717) is 37.6 Å². The summed E-state index contributed by atoms with van der Waals surface area (Å²) in [5, 5.41) is 3.16. The standard InChI is InChI=1S/C19H29N3O4/c1-2-26-19(25)14-7-5-12-22(13-14)16-15(17(23)18(16)24)20-8-6-11-21-9-3-4-10-21/h14,20H,2-13H2,1H3/t14-/m0/s1. The first-order chi connectivity index (χ1) is 12.6. The first kappa shape index (κ1) is 18.9. The lowest BCUT2D eigenvalue weighted by Crippen LogP contribution is -2.47. The van der Waals surface area contributed by atoms with E-state index in [1.165, 1.54) is 12.8 Å². The van der Waals surface area contributed by atoms with E-state index in [1.807, 2.05) is 4.90 Å². The fourth-order valence-electron chi connectivity index (χ4n) is 4.00. The second-order valence-corrected chi connectivity index (χ2v) is 7.25. The van der Waals surface area contributed by atoms with E-state index in [2.05, 4.69) is 10.2 Å². The molecule has 144 valence electrons. The van der Waals surface area contributed by atoms with Gasteiger partial charge in [0.1, 0.15) is 11.4 Å². The van der Waals surface area contributed by atoms with Crippen LogP contribution in [0.1, 0.15) is 39.0 Å². The van der Waals surface area contributed by atoms with Crippen LogP contribution in [0.4, 0.5) is 11.4 Å². The number of nitrogens with zero attached hydrogens (tertiary/aromatic N) is 2. The summed E-state index contributed by atoms with van der Waals surface area (Å²) in [4.78, 5) is 40.4. The predicted octanol–water partition coefficient (Wildman–Crippen LogP) is 0.960. The highest BCUT2D eigenvalue weighted by atomic mass is 16.5. The molecule has 1 aromatic rings. The Morgan fingerprint density at radius 2 is 1.92 bits per heavy atom. The van der Waals surface area contributed by atoms with Gasteiger partial charge in [0.25, 0.3) is 10.9 Å². The molecule has 26 heavy (non-hydrogen) atoms. The summed E-state index contributed by atoms with van der Waals surface area (Å²) >= 11 is 0. The van der Waals surface area contributed by atoms with Crippen LogP contribution in [0, 0.1) is 5.92 Å². The van der Waals surface area contributed by atoms with Crippen LogP contribution >= 0.6 is 0 Å². The molecule has 7 nitrogen and oxygen atoms in total. The molecule has 0 spiro atoms. The van der Waals surface area contributed by atoms with Crippen molar-refractivity contribution in [2.24, 2.45) is 5.92 Å². The Morgan fingerprint density at radius 1 is 1.15 bits per heavy atom. The summed E-state index contributed by atoms with van der Waals surface area (Å²) in [5.41, 5.74) is 0.0297. The number of carbonyl (C=O) groups is 1. The van der Waals surface area contributed by atoms with Gasteiger partial charge in [-0.1, -0.05) is 0 Å². The fraction of sp³-hybridized carbons (Fsp3) is 0.737. The molecule has 2 aliphatic rings. The number of rotatable bonds is 8. The van der Waals surface area contributed by atoms with Crippen LogP contribution < -0.4 is 21.1 Å². The Hall–Kier alpha value is -1.89. The van der Waals surface area contributed by atoms with Crippen molar-refractivity contribution < 1.29 is 9.53 Å². The average Bonchev–Trinajstić information content (AvgIpc) is 3.17. The number of esters is 1. The van der Waals surface area contributed by atoms with E-state index < -0.39 is 10.9 Å². The number of likely N-dealkylation sites (tertiary alicyclic amines) is 1. The van der Waals surface area contributed by atoms with E-state index in [0.717, 1.165) is 38.9 Å². The van der Waals surface area contributed by atoms with Crippen molar-refractivity contribution in [3.63, 3.8) is 0 Å². The molecule has 1 aromatic carbocycles. The molecule has 0 bridgehead atoms. The number of hydrogen-bond donors (Lipinski definition) is 1. The molecule has 0 aliphatic carbocycles. The van der Waals surface area contributed by atoms with Gasteiger partial charge in [-0.25, -0.2) is 0 Å². The SMILES string of the molecule is CCOC(=O)[C@H]1CCCN(c2c(NCCCN3CCCC3)c(=O)c2=O)C1. The second-order valence-electron chi connectivity index (χ2n) is 7.25. The smallest absolute Gasteiger partial charge is 0.310 e. The Kier molecular flexibility index (Phi) is 6.29. The van der Waals surface area contributed by atoms with Crippen LogP contribution in [-0.2, 0) is 9.53 Å². The van der Waals surface area contributed by atoms with Gasteiger partial charge in [-0.05, 0) is 58.7 Å². The number of carbonyl (C=O) groups excluding carboxylic acids is 1. The average molecular weight is 363 g/mol. The zero-order chi connectivity index (χ0) is 18.5. The van der Waals surface area contributed by atoms with Crippen molar-refractivity contribution in [2.75, 3.05) is 56.1 Å². The monoisotopic (exact) mass is 363 g/mol. The van der Waals surface area contributed by atoms with E-state index in [-0.39, 0.29) is 11.9 Å². The lowest BCUT2D eigenvalue weighted by atomic mass is 9.96. The molecule has 2 aliphatic heterocycles. The van der Waals surface area contributed by atoms with Gasteiger partial charge in [0.2, 0.25) is 0 Å². The maximum Gasteiger partial charge on any atom is 0.310 e. The lowest BCUT2D eigenvalue weighted by molar-refractivity contribution is -0.148. The van der Waals surface area contributed by atoms with Crippen molar-refractivity contribution in [3.8, 4) is 0 Å². The molecule has 3 rings (SSSR count). The molecule has 2 fully saturated rings. The van der Waals surface area contributed by atoms with Crippen molar-refractivity contribution in [1.29, 1.82) is 0 Å². The van der Waals surface area contributed by atoms with E-state index >= 15 is 0 Å². The summed E-state index contributed by atoms with van der Waals surface area (Å²) in [6.45, 7) is 7.33. The molecule has 2 heterocycles. The number of anilines is 2. The summed E-state index contributed by atoms with van der Waals surface area (Å²) in [5.74, 6) is -0.438. The molecule has 0 saturated carbocycles. The Labute approximate surface area is 154 Å². The first-order valence-corrected chi connectivity index (χ1v) is 9.83.